The predicted molar refractivity (Wildman–Crippen MR) is 105 cm³/mol. The Bertz CT molecular complexity index is 1020. The zero-order chi connectivity index (χ0) is 17.9. The summed E-state index contributed by atoms with van der Waals surface area (Å²) in [6.45, 7) is 3.45. The van der Waals surface area contributed by atoms with Crippen molar-refractivity contribution in [3.8, 4) is 10.4 Å². The van der Waals surface area contributed by atoms with Crippen molar-refractivity contribution in [1.82, 2.24) is 24.7 Å². The fraction of sp³-hybridized carbons (Fsp3) is 0.222. The first-order valence-corrected chi connectivity index (χ1v) is 10.0. The van der Waals surface area contributed by atoms with Crippen molar-refractivity contribution < 1.29 is 0 Å². The van der Waals surface area contributed by atoms with Gasteiger partial charge in [0, 0.05) is 23.2 Å². The summed E-state index contributed by atoms with van der Waals surface area (Å²) >= 11 is 3.20. The van der Waals surface area contributed by atoms with Crippen LogP contribution in [0.1, 0.15) is 12.7 Å². The second kappa shape index (κ2) is 7.53. The van der Waals surface area contributed by atoms with Gasteiger partial charge in [0.2, 0.25) is 0 Å². The molecule has 3 heterocycles. The van der Waals surface area contributed by atoms with Gasteiger partial charge in [-0.3, -0.25) is 0 Å². The quantitative estimate of drug-likeness (QED) is 0.513. The van der Waals surface area contributed by atoms with E-state index in [0.29, 0.717) is 6.54 Å². The van der Waals surface area contributed by atoms with Crippen molar-refractivity contribution in [3.05, 3.63) is 48.5 Å². The maximum atomic E-state index is 5.67. The van der Waals surface area contributed by atoms with Crippen LogP contribution in [-0.2, 0) is 13.0 Å². The average Bonchev–Trinajstić information content (AvgIpc) is 3.27. The summed E-state index contributed by atoms with van der Waals surface area (Å²) in [5, 5.41) is 11.4. The Morgan fingerprint density at radius 3 is 2.77 bits per heavy atom. The molecule has 0 bridgehead atoms. The van der Waals surface area contributed by atoms with Gasteiger partial charge in [0.25, 0.3) is 0 Å². The molecule has 0 saturated carbocycles. The highest BCUT2D eigenvalue weighted by atomic mass is 32.2. The third-order valence-electron chi connectivity index (χ3n) is 4.02. The third-order valence-corrected chi connectivity index (χ3v) is 6.11. The first-order valence-electron chi connectivity index (χ1n) is 8.40. The summed E-state index contributed by atoms with van der Waals surface area (Å²) in [4.78, 5) is 11.1. The van der Waals surface area contributed by atoms with Crippen molar-refractivity contribution in [2.45, 2.75) is 30.1 Å². The lowest BCUT2D eigenvalue weighted by molar-refractivity contribution is 0.640. The zero-order valence-electron chi connectivity index (χ0n) is 14.3. The van der Waals surface area contributed by atoms with Gasteiger partial charge >= 0.3 is 0 Å². The van der Waals surface area contributed by atoms with E-state index in [0.717, 1.165) is 39.2 Å². The summed E-state index contributed by atoms with van der Waals surface area (Å²) in [7, 11) is 0. The van der Waals surface area contributed by atoms with Gasteiger partial charge in [0.1, 0.15) is 22.0 Å². The number of thiophene rings is 1. The molecule has 4 rings (SSSR count). The van der Waals surface area contributed by atoms with Gasteiger partial charge in [0.15, 0.2) is 5.16 Å². The highest BCUT2D eigenvalue weighted by molar-refractivity contribution is 7.99. The molecule has 0 amide bonds. The minimum atomic E-state index is 0.561. The molecule has 26 heavy (non-hydrogen) atoms. The highest BCUT2D eigenvalue weighted by Gasteiger charge is 2.16. The maximum absolute atomic E-state index is 5.67. The van der Waals surface area contributed by atoms with E-state index in [1.807, 2.05) is 18.2 Å². The molecule has 8 heteroatoms. The lowest BCUT2D eigenvalue weighted by atomic mass is 10.2. The van der Waals surface area contributed by atoms with Crippen molar-refractivity contribution in [2.24, 2.45) is 5.73 Å². The van der Waals surface area contributed by atoms with E-state index in [2.05, 4.69) is 49.9 Å². The van der Waals surface area contributed by atoms with Crippen LogP contribution in [0.25, 0.3) is 20.7 Å². The Hall–Kier alpha value is -2.29. The highest BCUT2D eigenvalue weighted by Crippen LogP contribution is 2.37. The van der Waals surface area contributed by atoms with Crippen LogP contribution in [-0.4, -0.2) is 31.3 Å². The first-order chi connectivity index (χ1) is 12.8. The van der Waals surface area contributed by atoms with E-state index in [4.69, 9.17) is 5.73 Å². The normalized spacial score (nSPS) is 11.3. The first kappa shape index (κ1) is 17.1. The van der Waals surface area contributed by atoms with Crippen LogP contribution in [0.4, 0.5) is 0 Å². The largest absolute Gasteiger partial charge is 0.330 e. The monoisotopic (exact) mass is 382 g/mol. The van der Waals surface area contributed by atoms with E-state index < -0.39 is 0 Å². The molecule has 4 aromatic rings. The summed E-state index contributed by atoms with van der Waals surface area (Å²) in [6.07, 6.45) is 2.33. The number of benzene rings is 1. The van der Waals surface area contributed by atoms with Gasteiger partial charge in [-0.05, 0) is 36.9 Å². The van der Waals surface area contributed by atoms with Gasteiger partial charge in [0.05, 0.1) is 0 Å². The van der Waals surface area contributed by atoms with Crippen LogP contribution in [0.2, 0.25) is 0 Å². The minimum Gasteiger partial charge on any atom is -0.330 e. The Morgan fingerprint density at radius 1 is 1.15 bits per heavy atom. The molecule has 0 saturated heterocycles. The van der Waals surface area contributed by atoms with E-state index in [1.54, 1.807) is 17.7 Å². The molecule has 0 fully saturated rings. The molecule has 0 unspecified atom stereocenters. The Labute approximate surface area is 159 Å². The number of nitrogens with two attached hydrogens (primary N) is 1. The molecule has 132 valence electrons. The van der Waals surface area contributed by atoms with E-state index >= 15 is 0 Å². The number of hydrogen-bond donors (Lipinski definition) is 1. The van der Waals surface area contributed by atoms with Crippen molar-refractivity contribution in [3.63, 3.8) is 0 Å². The smallest absolute Gasteiger partial charge is 0.197 e. The standard InChI is InChI=1S/C18H18N6S2/c1-2-24-15(8-9-19)22-23-18(24)26-17-13-10-14(12-6-4-3-5-7-12)25-16(13)20-11-21-17/h3-7,10-11H,2,8-9,19H2,1H3. The molecule has 1 aromatic carbocycles. The molecule has 0 radical (unpaired) electrons. The summed E-state index contributed by atoms with van der Waals surface area (Å²) < 4.78 is 2.09. The van der Waals surface area contributed by atoms with Gasteiger partial charge in [-0.2, -0.15) is 0 Å². The lowest BCUT2D eigenvalue weighted by Gasteiger charge is -2.06. The predicted octanol–water partition coefficient (Wildman–Crippen LogP) is 3.62. The Morgan fingerprint density at radius 2 is 2.00 bits per heavy atom. The maximum Gasteiger partial charge on any atom is 0.197 e. The molecule has 0 spiro atoms. The van der Waals surface area contributed by atoms with Crippen LogP contribution in [0.15, 0.2) is 52.9 Å². The average molecular weight is 383 g/mol. The molecule has 6 nitrogen and oxygen atoms in total. The second-order valence-electron chi connectivity index (χ2n) is 5.66. The molecule has 2 N–H and O–H groups in total. The lowest BCUT2D eigenvalue weighted by Crippen LogP contribution is -2.09. The summed E-state index contributed by atoms with van der Waals surface area (Å²) in [5.74, 6) is 0.915. The number of nitrogens with zero attached hydrogens (tertiary/aromatic N) is 5. The molecule has 0 aliphatic rings. The Kier molecular flexibility index (Phi) is 4.96. The number of rotatable bonds is 6. The fourth-order valence-corrected chi connectivity index (χ4v) is 4.81. The van der Waals surface area contributed by atoms with Gasteiger partial charge in [-0.1, -0.05) is 30.3 Å². The van der Waals surface area contributed by atoms with Crippen LogP contribution in [0.3, 0.4) is 0 Å². The second-order valence-corrected chi connectivity index (χ2v) is 7.64. The zero-order valence-corrected chi connectivity index (χ0v) is 15.9. The van der Waals surface area contributed by atoms with Crippen molar-refractivity contribution in [2.75, 3.05) is 6.54 Å². The molecular formula is C18H18N6S2. The van der Waals surface area contributed by atoms with Gasteiger partial charge < -0.3 is 10.3 Å². The van der Waals surface area contributed by atoms with Gasteiger partial charge in [-0.25, -0.2) is 9.97 Å². The van der Waals surface area contributed by atoms with Gasteiger partial charge in [-0.15, -0.1) is 21.5 Å². The van der Waals surface area contributed by atoms with E-state index in [9.17, 15) is 0 Å². The van der Waals surface area contributed by atoms with E-state index in [-0.39, 0.29) is 0 Å². The van der Waals surface area contributed by atoms with Crippen LogP contribution < -0.4 is 5.73 Å². The molecule has 0 atom stereocenters. The minimum absolute atomic E-state index is 0.561. The third kappa shape index (κ3) is 3.23. The molecular weight excluding hydrogens is 364 g/mol. The molecule has 0 aliphatic carbocycles. The molecule has 0 aliphatic heterocycles. The number of hydrogen-bond acceptors (Lipinski definition) is 7. The van der Waals surface area contributed by atoms with Crippen LogP contribution >= 0.6 is 23.1 Å². The van der Waals surface area contributed by atoms with Crippen LogP contribution in [0.5, 0.6) is 0 Å². The van der Waals surface area contributed by atoms with E-state index in [1.165, 1.54) is 22.2 Å². The topological polar surface area (TPSA) is 82.5 Å². The number of fused-ring (bicyclic) bond motifs is 1. The summed E-state index contributed by atoms with van der Waals surface area (Å²) in [6, 6.07) is 12.5. The van der Waals surface area contributed by atoms with Crippen molar-refractivity contribution in [1.29, 1.82) is 0 Å². The summed E-state index contributed by atoms with van der Waals surface area (Å²) in [5.41, 5.74) is 6.86. The fourth-order valence-electron chi connectivity index (χ4n) is 2.77. The number of aromatic nitrogens is 5. The Balaban J connectivity index is 1.72. The van der Waals surface area contributed by atoms with Crippen LogP contribution in [0, 0.1) is 0 Å². The SMILES string of the molecule is CCn1c(CCN)nnc1Sc1ncnc2sc(-c3ccccc3)cc12. The molecule has 3 aromatic heterocycles. The van der Waals surface area contributed by atoms with Crippen molar-refractivity contribution >= 4 is 33.3 Å².